The second kappa shape index (κ2) is 11.5. The molecule has 1 heterocycles. The molecule has 0 radical (unpaired) electrons. The summed E-state index contributed by atoms with van der Waals surface area (Å²) < 4.78 is 0. The van der Waals surface area contributed by atoms with Crippen molar-refractivity contribution in [1.29, 1.82) is 0 Å². The average Bonchev–Trinajstić information content (AvgIpc) is 3.38. The summed E-state index contributed by atoms with van der Waals surface area (Å²) in [6.07, 6.45) is 6.19. The van der Waals surface area contributed by atoms with Gasteiger partial charge in [0.15, 0.2) is 0 Å². The van der Waals surface area contributed by atoms with Gasteiger partial charge in [-0.25, -0.2) is 0 Å². The summed E-state index contributed by atoms with van der Waals surface area (Å²) >= 11 is 0. The molecule has 35 heavy (non-hydrogen) atoms. The predicted octanol–water partition coefficient (Wildman–Crippen LogP) is 5.09. The lowest BCUT2D eigenvalue weighted by Crippen LogP contribution is -2.29. The van der Waals surface area contributed by atoms with Crippen LogP contribution in [0.3, 0.4) is 0 Å². The SMILES string of the molecule is Cc1ccc(NC(=O)C(CC2CCCN2)c2ccc(/C=C/C(=O)Nc3ccccc3N)cc2)cc1. The Morgan fingerprint density at radius 1 is 1.03 bits per heavy atom. The van der Waals surface area contributed by atoms with Gasteiger partial charge in [-0.1, -0.05) is 54.1 Å². The van der Waals surface area contributed by atoms with Crippen LogP contribution in [0.15, 0.2) is 78.9 Å². The fourth-order valence-corrected chi connectivity index (χ4v) is 4.30. The van der Waals surface area contributed by atoms with E-state index in [1.807, 2.05) is 67.6 Å². The lowest BCUT2D eigenvalue weighted by molar-refractivity contribution is -0.118. The van der Waals surface area contributed by atoms with Gasteiger partial charge in [-0.3, -0.25) is 9.59 Å². The molecule has 1 saturated heterocycles. The zero-order valence-electron chi connectivity index (χ0n) is 20.0. The molecule has 0 bridgehead atoms. The van der Waals surface area contributed by atoms with Gasteiger partial charge >= 0.3 is 0 Å². The van der Waals surface area contributed by atoms with Gasteiger partial charge in [0.25, 0.3) is 0 Å². The molecule has 3 aromatic rings. The molecule has 0 saturated carbocycles. The number of aryl methyl sites for hydroxylation is 1. The van der Waals surface area contributed by atoms with Crippen molar-refractivity contribution in [3.05, 3.63) is 95.6 Å². The summed E-state index contributed by atoms with van der Waals surface area (Å²) in [5.74, 6) is -0.533. The van der Waals surface area contributed by atoms with Crippen LogP contribution in [0.25, 0.3) is 6.08 Å². The zero-order valence-corrected chi connectivity index (χ0v) is 20.0. The third kappa shape index (κ3) is 6.80. The second-order valence-corrected chi connectivity index (χ2v) is 9.01. The van der Waals surface area contributed by atoms with Gasteiger partial charge in [0.2, 0.25) is 11.8 Å². The summed E-state index contributed by atoms with van der Waals surface area (Å²) in [4.78, 5) is 25.5. The Labute approximate surface area is 206 Å². The largest absolute Gasteiger partial charge is 0.397 e. The first-order chi connectivity index (χ1) is 17.0. The van der Waals surface area contributed by atoms with E-state index in [1.165, 1.54) is 6.08 Å². The van der Waals surface area contributed by atoms with E-state index in [9.17, 15) is 9.59 Å². The van der Waals surface area contributed by atoms with Crippen molar-refractivity contribution in [1.82, 2.24) is 5.32 Å². The smallest absolute Gasteiger partial charge is 0.248 e. The van der Waals surface area contributed by atoms with Gasteiger partial charge in [0, 0.05) is 17.8 Å². The molecular weight excluding hydrogens is 436 g/mol. The van der Waals surface area contributed by atoms with Gasteiger partial charge < -0.3 is 21.7 Å². The van der Waals surface area contributed by atoms with E-state index in [1.54, 1.807) is 18.2 Å². The van der Waals surface area contributed by atoms with Crippen molar-refractivity contribution in [3.63, 3.8) is 0 Å². The molecule has 0 aromatic heterocycles. The van der Waals surface area contributed by atoms with Crippen LogP contribution in [0.4, 0.5) is 17.1 Å². The minimum Gasteiger partial charge on any atom is -0.397 e. The number of carbonyl (C=O) groups excluding carboxylic acids is 2. The fraction of sp³-hybridized carbons (Fsp3) is 0.241. The molecule has 1 fully saturated rings. The van der Waals surface area contributed by atoms with Gasteiger partial charge in [-0.15, -0.1) is 0 Å². The van der Waals surface area contributed by atoms with Crippen molar-refractivity contribution in [2.24, 2.45) is 0 Å². The maximum Gasteiger partial charge on any atom is 0.248 e. The number of nitrogens with two attached hydrogens (primary N) is 1. The molecule has 2 atom stereocenters. The first-order valence-electron chi connectivity index (χ1n) is 12.0. The van der Waals surface area contributed by atoms with E-state index < -0.39 is 0 Å². The van der Waals surface area contributed by atoms with Gasteiger partial charge in [0.05, 0.1) is 17.3 Å². The van der Waals surface area contributed by atoms with Crippen LogP contribution in [0.2, 0.25) is 0 Å². The summed E-state index contributed by atoms with van der Waals surface area (Å²) in [5, 5.41) is 9.37. The van der Waals surface area contributed by atoms with Crippen molar-refractivity contribution < 1.29 is 9.59 Å². The summed E-state index contributed by atoms with van der Waals surface area (Å²) in [7, 11) is 0. The van der Waals surface area contributed by atoms with E-state index in [2.05, 4.69) is 16.0 Å². The number of nitrogen functional groups attached to an aromatic ring is 1. The zero-order chi connectivity index (χ0) is 24.6. The Bertz CT molecular complexity index is 1180. The van der Waals surface area contributed by atoms with Crippen LogP contribution >= 0.6 is 0 Å². The number of carbonyl (C=O) groups is 2. The lowest BCUT2D eigenvalue weighted by Gasteiger charge is -2.21. The number of para-hydroxylation sites is 2. The molecule has 180 valence electrons. The number of hydrogen-bond acceptors (Lipinski definition) is 4. The Hall–Kier alpha value is -3.90. The van der Waals surface area contributed by atoms with Gasteiger partial charge in [0.1, 0.15) is 0 Å². The van der Waals surface area contributed by atoms with E-state index in [4.69, 9.17) is 5.73 Å². The Morgan fingerprint density at radius 3 is 2.46 bits per heavy atom. The average molecular weight is 469 g/mol. The van der Waals surface area contributed by atoms with Crippen molar-refractivity contribution in [2.75, 3.05) is 22.9 Å². The highest BCUT2D eigenvalue weighted by Crippen LogP contribution is 2.27. The number of anilines is 3. The fourth-order valence-electron chi connectivity index (χ4n) is 4.30. The quantitative estimate of drug-likeness (QED) is 0.273. The number of hydrogen-bond donors (Lipinski definition) is 4. The Morgan fingerprint density at radius 2 is 1.77 bits per heavy atom. The first kappa shape index (κ1) is 24.2. The molecule has 2 unspecified atom stereocenters. The monoisotopic (exact) mass is 468 g/mol. The minimum absolute atomic E-state index is 0.00864. The number of amides is 2. The Balaban J connectivity index is 1.44. The number of benzene rings is 3. The number of rotatable bonds is 8. The van der Waals surface area contributed by atoms with E-state index in [0.29, 0.717) is 17.4 Å². The minimum atomic E-state index is -0.269. The molecule has 5 N–H and O–H groups in total. The summed E-state index contributed by atoms with van der Waals surface area (Å²) in [6, 6.07) is 23.1. The van der Waals surface area contributed by atoms with E-state index >= 15 is 0 Å². The molecule has 3 aromatic carbocycles. The molecule has 0 spiro atoms. The maximum absolute atomic E-state index is 13.3. The van der Waals surface area contributed by atoms with Crippen molar-refractivity contribution >= 4 is 35.0 Å². The topological polar surface area (TPSA) is 96.2 Å². The summed E-state index contributed by atoms with van der Waals surface area (Å²) in [5.41, 5.74) is 10.8. The molecule has 4 rings (SSSR count). The normalized spacial score (nSPS) is 16.2. The molecule has 0 aliphatic carbocycles. The van der Waals surface area contributed by atoms with Crippen LogP contribution in [-0.4, -0.2) is 24.4 Å². The first-order valence-corrected chi connectivity index (χ1v) is 12.0. The highest BCUT2D eigenvalue weighted by molar-refractivity contribution is 6.03. The van der Waals surface area contributed by atoms with Crippen LogP contribution in [-0.2, 0) is 9.59 Å². The molecule has 2 amide bonds. The van der Waals surface area contributed by atoms with E-state index in [-0.39, 0.29) is 17.7 Å². The van der Waals surface area contributed by atoms with Crippen LogP contribution in [0.5, 0.6) is 0 Å². The predicted molar refractivity (Wildman–Crippen MR) is 143 cm³/mol. The molecule has 1 aliphatic heterocycles. The lowest BCUT2D eigenvalue weighted by atomic mass is 9.90. The van der Waals surface area contributed by atoms with Crippen molar-refractivity contribution in [2.45, 2.75) is 38.1 Å². The van der Waals surface area contributed by atoms with Crippen LogP contribution in [0.1, 0.15) is 41.9 Å². The van der Waals surface area contributed by atoms with Gasteiger partial charge in [-0.2, -0.15) is 0 Å². The highest BCUT2D eigenvalue weighted by Gasteiger charge is 2.26. The standard InChI is InChI=1S/C29H32N4O2/c1-20-8-15-23(16-9-20)32-29(35)25(19-24-5-4-18-31-24)22-13-10-21(11-14-22)12-17-28(34)33-27-7-3-2-6-26(27)30/h2-3,6-17,24-25,31H,4-5,18-19,30H2,1H3,(H,32,35)(H,33,34)/b17-12+. The Kier molecular flexibility index (Phi) is 7.95. The molecule has 6 heteroatoms. The van der Waals surface area contributed by atoms with Crippen LogP contribution < -0.4 is 21.7 Å². The highest BCUT2D eigenvalue weighted by atomic mass is 16.2. The third-order valence-electron chi connectivity index (χ3n) is 6.30. The molecular formula is C29H32N4O2. The maximum atomic E-state index is 13.3. The van der Waals surface area contributed by atoms with Gasteiger partial charge in [-0.05, 0) is 74.2 Å². The van der Waals surface area contributed by atoms with Crippen molar-refractivity contribution in [3.8, 4) is 0 Å². The van der Waals surface area contributed by atoms with Crippen LogP contribution in [0, 0.1) is 6.92 Å². The molecule has 6 nitrogen and oxygen atoms in total. The molecule has 1 aliphatic rings. The summed E-state index contributed by atoms with van der Waals surface area (Å²) in [6.45, 7) is 3.02. The van der Waals surface area contributed by atoms with E-state index in [0.717, 1.165) is 48.2 Å². The second-order valence-electron chi connectivity index (χ2n) is 9.01. The number of nitrogens with one attached hydrogen (secondary N) is 3. The third-order valence-corrected chi connectivity index (χ3v) is 6.30.